The van der Waals surface area contributed by atoms with Crippen LogP contribution in [0.1, 0.15) is 29.1 Å². The van der Waals surface area contributed by atoms with E-state index < -0.39 is 0 Å². The largest absolute Gasteiger partial charge is 0.213 e. The molecule has 0 atom stereocenters. The zero-order chi connectivity index (χ0) is 89.3. The summed E-state index contributed by atoms with van der Waals surface area (Å²) in [4.78, 5) is 68.7. The van der Waals surface area contributed by atoms with Crippen molar-refractivity contribution in [2.24, 2.45) is 0 Å². The van der Waals surface area contributed by atoms with E-state index in [-0.39, 0.29) is 0 Å². The van der Waals surface area contributed by atoms with Crippen LogP contribution in [-0.2, 0) is 0 Å². The van der Waals surface area contributed by atoms with Crippen molar-refractivity contribution in [3.63, 3.8) is 0 Å². The molecule has 131 heavy (non-hydrogen) atoms. The van der Waals surface area contributed by atoms with Gasteiger partial charge in [0, 0.05) is 55.6 Å². The van der Waals surface area contributed by atoms with Crippen LogP contribution >= 0.6 is 0 Å². The highest BCUT2D eigenvalue weighted by atomic mass is 15.1. The minimum atomic E-state index is 0.686. The zero-order valence-electron chi connectivity index (χ0n) is 72.9. The summed E-state index contributed by atoms with van der Waals surface area (Å²) in [5.74, 6) is 10.6. The van der Waals surface area contributed by atoms with Crippen molar-refractivity contribution in [1.29, 1.82) is 0 Å². The van der Waals surface area contributed by atoms with E-state index in [1.165, 1.54) is 50.1 Å². The Kier molecular flexibility index (Phi) is 27.5. The fourth-order valence-electron chi connectivity index (χ4n) is 14.8. The molecule has 15 nitrogen and oxygen atoms in total. The summed E-state index contributed by atoms with van der Waals surface area (Å²) in [6.07, 6.45) is 0. The quantitative estimate of drug-likeness (QED) is 0.0886. The molecule has 0 N–H and O–H groups in total. The predicted octanol–water partition coefficient (Wildman–Crippen LogP) is 27.6. The van der Waals surface area contributed by atoms with Crippen molar-refractivity contribution in [3.8, 4) is 181 Å². The third-order valence-corrected chi connectivity index (χ3v) is 21.3. The highest BCUT2D eigenvalue weighted by Crippen LogP contribution is 2.34. The lowest BCUT2D eigenvalue weighted by molar-refractivity contribution is 0.991. The molecule has 0 aliphatic rings. The topological polar surface area (TPSA) is 193 Å². The maximum Gasteiger partial charge on any atom is 0.163 e. The highest BCUT2D eigenvalue weighted by Gasteiger charge is 2.17. The molecule has 16 aromatic carbocycles. The first-order chi connectivity index (χ1) is 64.4. The lowest BCUT2D eigenvalue weighted by atomic mass is 10.0. The number of hydrogen-bond acceptors (Lipinski definition) is 15. The number of hydrogen-bond donors (Lipinski definition) is 0. The molecule has 0 spiro atoms. The average Bonchev–Trinajstić information content (AvgIpc) is 1.53. The first kappa shape index (κ1) is 85.7. The summed E-state index contributed by atoms with van der Waals surface area (Å²) in [6, 6.07) is 152. The van der Waals surface area contributed by atoms with E-state index in [0.29, 0.717) is 75.7 Å². The van der Waals surface area contributed by atoms with Crippen LogP contribution in [0.25, 0.3) is 181 Å². The van der Waals surface area contributed by atoms with Crippen LogP contribution in [0.2, 0.25) is 0 Å². The average molecular weight is 1690 g/mol. The van der Waals surface area contributed by atoms with Gasteiger partial charge < -0.3 is 0 Å². The Bertz CT molecular complexity index is 7050. The van der Waals surface area contributed by atoms with E-state index in [4.69, 9.17) is 9.97 Å². The van der Waals surface area contributed by atoms with Gasteiger partial charge >= 0.3 is 0 Å². The number of aryl methyl sites for hydroxylation is 5. The van der Waals surface area contributed by atoms with E-state index in [1.54, 1.807) is 0 Å². The van der Waals surface area contributed by atoms with Crippen LogP contribution in [0, 0.1) is 34.6 Å². The van der Waals surface area contributed by atoms with Gasteiger partial charge in [-0.05, 0) is 120 Å². The second-order valence-electron chi connectivity index (χ2n) is 30.8. The molecule has 21 aromatic rings. The summed E-state index contributed by atoms with van der Waals surface area (Å²) in [6.45, 7) is 9.51. The van der Waals surface area contributed by atoms with E-state index >= 15 is 0 Å². The van der Waals surface area contributed by atoms with Crippen molar-refractivity contribution in [3.05, 3.63) is 478 Å². The van der Waals surface area contributed by atoms with E-state index in [9.17, 15) is 0 Å². The third kappa shape index (κ3) is 22.6. The Balaban J connectivity index is 0.000000116. The maximum atomic E-state index is 4.82. The molecular weight excluding hydrogens is 1600 g/mol. The molecule has 21 rings (SSSR count). The minimum Gasteiger partial charge on any atom is -0.213 e. The fraction of sp³-hybridized carbons (Fsp3) is 0.0431. The standard InChI is InChI=1S/2C28H21N3.2C22H17N3.C16H13N3/c1-20-29-27(25-16-8-14-23(18-25)21-10-4-2-5-11-21)31-28(30-20)26-17-9-15-24(19-26)22-12-6-3-7-13-22;1-20-29-27(25-16-12-23(13-17-25)21-8-4-2-5-9-21)31-28(30-20)26-18-14-24(15-19-26)22-10-6-3-7-11-22;1-16-23-21(18-11-6-3-7-12-18)25-22(24-16)20-14-8-13-19(15-20)17-9-4-2-5-10-17;1-16-23-21(19-10-6-3-7-11-19)25-22(24-16)20-14-12-18(13-15-20)17-8-4-2-5-9-17;1-12-17-15(13-8-4-2-5-9-13)19-16(18-12)14-10-6-3-7-11-14/h2*2-19H,1H3;2*2-15H,1H3;2-11H,1H3. The summed E-state index contributed by atoms with van der Waals surface area (Å²) < 4.78 is 0. The van der Waals surface area contributed by atoms with Gasteiger partial charge in [-0.25, -0.2) is 74.8 Å². The smallest absolute Gasteiger partial charge is 0.163 e. The van der Waals surface area contributed by atoms with Crippen molar-refractivity contribution in [2.75, 3.05) is 0 Å². The van der Waals surface area contributed by atoms with E-state index in [1.807, 2.05) is 302 Å². The van der Waals surface area contributed by atoms with Gasteiger partial charge in [0.2, 0.25) is 0 Å². The maximum absolute atomic E-state index is 4.82. The van der Waals surface area contributed by atoms with E-state index in [2.05, 4.69) is 247 Å². The molecule has 0 unspecified atom stereocenters. The molecule has 0 aliphatic carbocycles. The zero-order valence-corrected chi connectivity index (χ0v) is 72.9. The summed E-state index contributed by atoms with van der Waals surface area (Å²) >= 11 is 0. The Hall–Kier alpha value is -17.4. The monoisotopic (exact) mass is 1690 g/mol. The molecule has 5 heterocycles. The van der Waals surface area contributed by atoms with Gasteiger partial charge in [-0.3, -0.25) is 0 Å². The lowest BCUT2D eigenvalue weighted by Gasteiger charge is -2.09. The van der Waals surface area contributed by atoms with Crippen LogP contribution in [-0.4, -0.2) is 74.8 Å². The number of nitrogens with zero attached hydrogens (tertiary/aromatic N) is 15. The second kappa shape index (κ2) is 42.0. The Labute approximate surface area is 763 Å². The molecule has 0 bridgehead atoms. The predicted molar refractivity (Wildman–Crippen MR) is 530 cm³/mol. The van der Waals surface area contributed by atoms with Gasteiger partial charge in [-0.15, -0.1) is 0 Å². The Morgan fingerprint density at radius 2 is 0.198 bits per heavy atom. The molecule has 5 aromatic heterocycles. The molecule has 0 radical (unpaired) electrons. The summed E-state index contributed by atoms with van der Waals surface area (Å²) in [5.41, 5.74) is 24.0. The fourth-order valence-corrected chi connectivity index (χ4v) is 14.8. The molecule has 15 heteroatoms. The van der Waals surface area contributed by atoms with Gasteiger partial charge in [0.05, 0.1) is 0 Å². The van der Waals surface area contributed by atoms with Crippen LogP contribution in [0.5, 0.6) is 0 Å². The van der Waals surface area contributed by atoms with Gasteiger partial charge in [0.25, 0.3) is 0 Å². The van der Waals surface area contributed by atoms with Crippen LogP contribution in [0.15, 0.2) is 449 Å². The molecule has 0 saturated heterocycles. The van der Waals surface area contributed by atoms with Crippen molar-refractivity contribution in [2.45, 2.75) is 34.6 Å². The first-order valence-electron chi connectivity index (χ1n) is 43.2. The van der Waals surface area contributed by atoms with E-state index in [0.717, 1.165) is 84.0 Å². The van der Waals surface area contributed by atoms with Gasteiger partial charge in [0.15, 0.2) is 58.2 Å². The summed E-state index contributed by atoms with van der Waals surface area (Å²) in [7, 11) is 0. The lowest BCUT2D eigenvalue weighted by Crippen LogP contribution is -1.99. The van der Waals surface area contributed by atoms with Crippen molar-refractivity contribution in [1.82, 2.24) is 74.8 Å². The Morgan fingerprint density at radius 3 is 0.366 bits per heavy atom. The third-order valence-electron chi connectivity index (χ3n) is 21.3. The normalized spacial score (nSPS) is 10.6. The minimum absolute atomic E-state index is 0.686. The van der Waals surface area contributed by atoms with Gasteiger partial charge in [-0.2, -0.15) is 0 Å². The SMILES string of the molecule is Cc1nc(-c2ccc(-c3ccccc3)cc2)nc(-c2ccc(-c3ccccc3)cc2)n1.Cc1nc(-c2cccc(-c3ccccc3)c2)nc(-c2cccc(-c3ccccc3)c2)n1.Cc1nc(-c2ccccc2)nc(-c2ccc(-c3ccccc3)cc2)n1.Cc1nc(-c2ccccc2)nc(-c2cccc(-c3ccccc3)c2)n1.Cc1nc(-c2ccccc2)nc(-c2ccccc2)n1. The Morgan fingerprint density at radius 1 is 0.0916 bits per heavy atom. The van der Waals surface area contributed by atoms with Crippen molar-refractivity contribution >= 4 is 0 Å². The molecule has 0 saturated carbocycles. The second-order valence-corrected chi connectivity index (χ2v) is 30.8. The van der Waals surface area contributed by atoms with Crippen LogP contribution < -0.4 is 0 Å². The molecule has 0 aliphatic heterocycles. The van der Waals surface area contributed by atoms with Gasteiger partial charge in [0.1, 0.15) is 29.1 Å². The first-order valence-corrected chi connectivity index (χ1v) is 43.2. The molecule has 0 fully saturated rings. The number of rotatable bonds is 16. The van der Waals surface area contributed by atoms with Crippen LogP contribution in [0.4, 0.5) is 0 Å². The molecule has 628 valence electrons. The van der Waals surface area contributed by atoms with Crippen LogP contribution in [0.3, 0.4) is 0 Å². The van der Waals surface area contributed by atoms with Crippen molar-refractivity contribution < 1.29 is 0 Å². The highest BCUT2D eigenvalue weighted by molar-refractivity contribution is 5.77. The van der Waals surface area contributed by atoms with Gasteiger partial charge in [-0.1, -0.05) is 431 Å². The number of aromatic nitrogens is 15. The molecular formula is C116H89N15. The number of benzene rings is 16. The molecule has 0 amide bonds. The summed E-state index contributed by atoms with van der Waals surface area (Å²) in [5, 5.41) is 0.